The minimum Gasteiger partial charge on any atom is -0.396 e. The first-order valence-electron chi connectivity index (χ1n) is 6.67. The number of carbonyl (C=O) groups is 1. The van der Waals surface area contributed by atoms with Gasteiger partial charge < -0.3 is 5.73 Å². The third-order valence-electron chi connectivity index (χ3n) is 3.37. The molecule has 1 aromatic rings. The molecule has 0 aliphatic rings. The molecule has 2 nitrogen and oxygen atoms in total. The summed E-state index contributed by atoms with van der Waals surface area (Å²) in [5.74, 6) is -0.183. The maximum Gasteiger partial charge on any atom is 0.165 e. The number of para-hydroxylation sites is 1. The van der Waals surface area contributed by atoms with E-state index in [2.05, 4.69) is 13.8 Å². The lowest BCUT2D eigenvalue weighted by Gasteiger charge is -2.14. The van der Waals surface area contributed by atoms with Gasteiger partial charge in [-0.05, 0) is 18.1 Å². The standard InChI is InChI=1S/C15H22FNO/c1-3-5-7-11(4-2)10-14(18)12-8-6-9-13(16)15(12)17/h6,8-9,11H,3-5,7,10,17H2,1-2H3. The van der Waals surface area contributed by atoms with Gasteiger partial charge in [0.1, 0.15) is 5.82 Å². The maximum absolute atomic E-state index is 13.3. The molecule has 1 rings (SSSR count). The zero-order chi connectivity index (χ0) is 13.5. The molecular formula is C15H22FNO. The highest BCUT2D eigenvalue weighted by Gasteiger charge is 2.16. The van der Waals surface area contributed by atoms with Gasteiger partial charge in [0, 0.05) is 12.0 Å². The van der Waals surface area contributed by atoms with Gasteiger partial charge in [0.15, 0.2) is 5.78 Å². The molecule has 0 bridgehead atoms. The van der Waals surface area contributed by atoms with Crippen molar-refractivity contribution in [3.8, 4) is 0 Å². The fraction of sp³-hybridized carbons (Fsp3) is 0.533. The van der Waals surface area contributed by atoms with Crippen LogP contribution in [0.4, 0.5) is 10.1 Å². The van der Waals surface area contributed by atoms with Crippen molar-refractivity contribution in [2.75, 3.05) is 5.73 Å². The number of rotatable bonds is 7. The zero-order valence-corrected chi connectivity index (χ0v) is 11.2. The van der Waals surface area contributed by atoms with Gasteiger partial charge in [-0.2, -0.15) is 0 Å². The molecule has 0 aromatic heterocycles. The first kappa shape index (κ1) is 14.7. The first-order chi connectivity index (χ1) is 8.60. The summed E-state index contributed by atoms with van der Waals surface area (Å²) >= 11 is 0. The number of ketones is 1. The average molecular weight is 251 g/mol. The number of nitrogen functional groups attached to an aromatic ring is 1. The van der Waals surface area contributed by atoms with Crippen LogP contribution in [-0.2, 0) is 0 Å². The second kappa shape index (κ2) is 7.14. The van der Waals surface area contributed by atoms with E-state index in [-0.39, 0.29) is 11.5 Å². The summed E-state index contributed by atoms with van der Waals surface area (Å²) in [6.45, 7) is 4.22. The van der Waals surface area contributed by atoms with Gasteiger partial charge in [-0.3, -0.25) is 4.79 Å². The number of carbonyl (C=O) groups excluding carboxylic acids is 1. The number of nitrogens with two attached hydrogens (primary N) is 1. The lowest BCUT2D eigenvalue weighted by atomic mass is 9.91. The van der Waals surface area contributed by atoms with E-state index in [9.17, 15) is 9.18 Å². The number of hydrogen-bond donors (Lipinski definition) is 1. The molecule has 1 unspecified atom stereocenters. The Morgan fingerprint density at radius 1 is 1.39 bits per heavy atom. The molecule has 0 fully saturated rings. The Bertz CT molecular complexity index is 403. The summed E-state index contributed by atoms with van der Waals surface area (Å²) in [4.78, 5) is 12.1. The van der Waals surface area contributed by atoms with Crippen LogP contribution in [0.1, 0.15) is 56.3 Å². The van der Waals surface area contributed by atoms with E-state index in [0.717, 1.165) is 25.7 Å². The third kappa shape index (κ3) is 3.83. The van der Waals surface area contributed by atoms with Crippen LogP contribution in [0.25, 0.3) is 0 Å². The van der Waals surface area contributed by atoms with Gasteiger partial charge in [-0.15, -0.1) is 0 Å². The van der Waals surface area contributed by atoms with E-state index in [1.54, 1.807) is 6.07 Å². The smallest absolute Gasteiger partial charge is 0.165 e. The topological polar surface area (TPSA) is 43.1 Å². The van der Waals surface area contributed by atoms with Crippen molar-refractivity contribution < 1.29 is 9.18 Å². The molecule has 0 radical (unpaired) electrons. The van der Waals surface area contributed by atoms with Crippen LogP contribution < -0.4 is 5.73 Å². The molecule has 0 aliphatic carbocycles. The average Bonchev–Trinajstić information content (AvgIpc) is 2.37. The van der Waals surface area contributed by atoms with Crippen molar-refractivity contribution in [2.45, 2.75) is 46.0 Å². The number of anilines is 1. The van der Waals surface area contributed by atoms with Crippen LogP contribution in [0.2, 0.25) is 0 Å². The molecule has 0 spiro atoms. The number of Topliss-reactive ketones (excluding diaryl/α,β-unsaturated/α-hetero) is 1. The van der Waals surface area contributed by atoms with Crippen molar-refractivity contribution in [2.24, 2.45) is 5.92 Å². The molecule has 1 atom stereocenters. The van der Waals surface area contributed by atoms with Crippen LogP contribution >= 0.6 is 0 Å². The summed E-state index contributed by atoms with van der Waals surface area (Å²) in [6.07, 6.45) is 4.75. The van der Waals surface area contributed by atoms with Gasteiger partial charge in [-0.1, -0.05) is 45.6 Å². The summed E-state index contributed by atoms with van der Waals surface area (Å²) in [7, 11) is 0. The van der Waals surface area contributed by atoms with Crippen LogP contribution in [-0.4, -0.2) is 5.78 Å². The van der Waals surface area contributed by atoms with Crippen molar-refractivity contribution in [1.82, 2.24) is 0 Å². The second-order valence-electron chi connectivity index (χ2n) is 4.74. The fourth-order valence-corrected chi connectivity index (χ4v) is 2.10. The lowest BCUT2D eigenvalue weighted by molar-refractivity contribution is 0.0957. The maximum atomic E-state index is 13.3. The molecule has 1 aromatic carbocycles. The Kier molecular flexibility index (Phi) is 5.83. The molecule has 18 heavy (non-hydrogen) atoms. The highest BCUT2D eigenvalue weighted by Crippen LogP contribution is 2.23. The SMILES string of the molecule is CCCCC(CC)CC(=O)c1cccc(F)c1N. The lowest BCUT2D eigenvalue weighted by Crippen LogP contribution is -2.11. The Labute approximate surface area is 108 Å². The molecule has 2 N–H and O–H groups in total. The van der Waals surface area contributed by atoms with Crippen LogP contribution in [0.3, 0.4) is 0 Å². The monoisotopic (exact) mass is 251 g/mol. The molecule has 0 saturated heterocycles. The number of halogens is 1. The Morgan fingerprint density at radius 2 is 2.11 bits per heavy atom. The third-order valence-corrected chi connectivity index (χ3v) is 3.37. The zero-order valence-electron chi connectivity index (χ0n) is 11.2. The van der Waals surface area contributed by atoms with Gasteiger partial charge in [-0.25, -0.2) is 4.39 Å². The van der Waals surface area contributed by atoms with Crippen molar-refractivity contribution >= 4 is 11.5 Å². The van der Waals surface area contributed by atoms with E-state index < -0.39 is 5.82 Å². The fourth-order valence-electron chi connectivity index (χ4n) is 2.10. The van der Waals surface area contributed by atoms with E-state index in [0.29, 0.717) is 17.9 Å². The van der Waals surface area contributed by atoms with E-state index in [1.165, 1.54) is 12.1 Å². The van der Waals surface area contributed by atoms with Crippen molar-refractivity contribution in [1.29, 1.82) is 0 Å². The predicted molar refractivity (Wildman–Crippen MR) is 73.1 cm³/mol. The van der Waals surface area contributed by atoms with Gasteiger partial charge in [0.25, 0.3) is 0 Å². The number of benzene rings is 1. The molecule has 0 saturated carbocycles. The van der Waals surface area contributed by atoms with Crippen molar-refractivity contribution in [3.05, 3.63) is 29.6 Å². The van der Waals surface area contributed by atoms with E-state index >= 15 is 0 Å². The minimum atomic E-state index is -0.512. The molecule has 0 aliphatic heterocycles. The van der Waals surface area contributed by atoms with Crippen LogP contribution in [0.5, 0.6) is 0 Å². The molecule has 3 heteroatoms. The number of unbranched alkanes of at least 4 members (excludes halogenated alkanes) is 1. The largest absolute Gasteiger partial charge is 0.396 e. The summed E-state index contributed by atoms with van der Waals surface area (Å²) < 4.78 is 13.3. The highest BCUT2D eigenvalue weighted by molar-refractivity contribution is 6.00. The van der Waals surface area contributed by atoms with E-state index in [1.807, 2.05) is 0 Å². The van der Waals surface area contributed by atoms with Crippen LogP contribution in [0, 0.1) is 11.7 Å². The quantitative estimate of drug-likeness (QED) is 0.583. The first-order valence-corrected chi connectivity index (χ1v) is 6.67. The Morgan fingerprint density at radius 3 is 2.72 bits per heavy atom. The summed E-state index contributed by atoms with van der Waals surface area (Å²) in [6, 6.07) is 4.42. The van der Waals surface area contributed by atoms with Gasteiger partial charge >= 0.3 is 0 Å². The predicted octanol–water partition coefficient (Wildman–Crippen LogP) is 4.20. The molecule has 0 amide bonds. The van der Waals surface area contributed by atoms with Crippen molar-refractivity contribution in [3.63, 3.8) is 0 Å². The van der Waals surface area contributed by atoms with Gasteiger partial charge in [0.05, 0.1) is 5.69 Å². The Hall–Kier alpha value is -1.38. The Balaban J connectivity index is 2.72. The highest BCUT2D eigenvalue weighted by atomic mass is 19.1. The number of hydrogen-bond acceptors (Lipinski definition) is 2. The summed E-state index contributed by atoms with van der Waals surface area (Å²) in [5.41, 5.74) is 5.91. The van der Waals surface area contributed by atoms with Gasteiger partial charge in [0.2, 0.25) is 0 Å². The normalized spacial score (nSPS) is 12.4. The van der Waals surface area contributed by atoms with Crippen LogP contribution in [0.15, 0.2) is 18.2 Å². The van der Waals surface area contributed by atoms with E-state index in [4.69, 9.17) is 5.73 Å². The second-order valence-corrected chi connectivity index (χ2v) is 4.74. The summed E-state index contributed by atoms with van der Waals surface area (Å²) in [5, 5.41) is 0. The molecular weight excluding hydrogens is 229 g/mol. The molecule has 0 heterocycles. The molecule has 100 valence electrons. The minimum absolute atomic E-state index is 0.0205.